The fraction of sp³-hybridized carbons (Fsp3) is 0.600. The van der Waals surface area contributed by atoms with Crippen LogP contribution in [0.5, 0.6) is 0 Å². The van der Waals surface area contributed by atoms with Gasteiger partial charge in [-0.3, -0.25) is 0 Å². The predicted octanol–water partition coefficient (Wildman–Crippen LogP) is 2.85. The van der Waals surface area contributed by atoms with E-state index in [2.05, 4.69) is 42.6 Å². The molecule has 0 amide bonds. The summed E-state index contributed by atoms with van der Waals surface area (Å²) in [6, 6.07) is 11.5. The maximum Gasteiger partial charge on any atom is 0.0294 e. The molecular weight excluding hydrogens is 208 g/mol. The topological polar surface area (TPSA) is 38.0 Å². The van der Waals surface area contributed by atoms with Crippen molar-refractivity contribution in [1.82, 2.24) is 5.32 Å². The monoisotopic (exact) mass is 232 g/mol. The lowest BCUT2D eigenvalue weighted by molar-refractivity contribution is 0.337. The molecule has 1 aromatic carbocycles. The van der Waals surface area contributed by atoms with E-state index < -0.39 is 0 Å². The van der Waals surface area contributed by atoms with Crippen molar-refractivity contribution in [2.24, 2.45) is 11.7 Å². The SMILES string of the molecule is CC(NC(CN)C1CCCC1)c1ccccc1. The molecule has 94 valence electrons. The molecule has 0 radical (unpaired) electrons. The van der Waals surface area contributed by atoms with E-state index in [1.807, 2.05) is 0 Å². The van der Waals surface area contributed by atoms with Crippen LogP contribution in [0.15, 0.2) is 30.3 Å². The van der Waals surface area contributed by atoms with Crippen molar-refractivity contribution in [2.45, 2.75) is 44.7 Å². The third kappa shape index (κ3) is 3.30. The third-order valence-corrected chi connectivity index (χ3v) is 3.99. The average molecular weight is 232 g/mol. The van der Waals surface area contributed by atoms with Gasteiger partial charge in [-0.1, -0.05) is 43.2 Å². The summed E-state index contributed by atoms with van der Waals surface area (Å²) < 4.78 is 0. The van der Waals surface area contributed by atoms with Crippen LogP contribution in [0.4, 0.5) is 0 Å². The van der Waals surface area contributed by atoms with Gasteiger partial charge in [-0.05, 0) is 31.2 Å². The minimum Gasteiger partial charge on any atom is -0.329 e. The average Bonchev–Trinajstić information content (AvgIpc) is 2.90. The molecule has 1 aliphatic carbocycles. The summed E-state index contributed by atoms with van der Waals surface area (Å²) in [5.41, 5.74) is 7.27. The smallest absolute Gasteiger partial charge is 0.0294 e. The van der Waals surface area contributed by atoms with Crippen molar-refractivity contribution in [3.8, 4) is 0 Å². The lowest BCUT2D eigenvalue weighted by Gasteiger charge is -2.27. The highest BCUT2D eigenvalue weighted by molar-refractivity contribution is 5.18. The maximum atomic E-state index is 5.92. The Morgan fingerprint density at radius 2 is 1.88 bits per heavy atom. The summed E-state index contributed by atoms with van der Waals surface area (Å²) >= 11 is 0. The van der Waals surface area contributed by atoms with Gasteiger partial charge in [-0.15, -0.1) is 0 Å². The van der Waals surface area contributed by atoms with Gasteiger partial charge < -0.3 is 11.1 Å². The normalized spacial score (nSPS) is 20.4. The zero-order chi connectivity index (χ0) is 12.1. The van der Waals surface area contributed by atoms with E-state index in [0.29, 0.717) is 12.1 Å². The van der Waals surface area contributed by atoms with E-state index in [4.69, 9.17) is 5.73 Å². The molecule has 0 heterocycles. The van der Waals surface area contributed by atoms with Gasteiger partial charge in [0.1, 0.15) is 0 Å². The molecule has 1 fully saturated rings. The summed E-state index contributed by atoms with van der Waals surface area (Å²) in [5, 5.41) is 3.70. The number of nitrogens with two attached hydrogens (primary N) is 1. The van der Waals surface area contributed by atoms with Gasteiger partial charge >= 0.3 is 0 Å². The number of nitrogens with one attached hydrogen (secondary N) is 1. The Morgan fingerprint density at radius 3 is 2.47 bits per heavy atom. The number of hydrogen-bond acceptors (Lipinski definition) is 2. The summed E-state index contributed by atoms with van der Waals surface area (Å²) in [5.74, 6) is 0.783. The van der Waals surface area contributed by atoms with Crippen molar-refractivity contribution in [2.75, 3.05) is 6.54 Å². The quantitative estimate of drug-likeness (QED) is 0.819. The molecule has 2 atom stereocenters. The fourth-order valence-corrected chi connectivity index (χ4v) is 2.92. The van der Waals surface area contributed by atoms with Gasteiger partial charge in [0, 0.05) is 18.6 Å². The summed E-state index contributed by atoms with van der Waals surface area (Å²) in [4.78, 5) is 0. The van der Waals surface area contributed by atoms with Crippen LogP contribution >= 0.6 is 0 Å². The van der Waals surface area contributed by atoms with Gasteiger partial charge in [0.15, 0.2) is 0 Å². The predicted molar refractivity (Wildman–Crippen MR) is 72.8 cm³/mol. The number of benzene rings is 1. The van der Waals surface area contributed by atoms with Gasteiger partial charge in [-0.2, -0.15) is 0 Å². The Morgan fingerprint density at radius 1 is 1.24 bits per heavy atom. The minimum absolute atomic E-state index is 0.394. The molecule has 0 bridgehead atoms. The van der Waals surface area contributed by atoms with Crippen LogP contribution in [-0.2, 0) is 0 Å². The zero-order valence-electron chi connectivity index (χ0n) is 10.7. The van der Waals surface area contributed by atoms with Crippen molar-refractivity contribution in [3.05, 3.63) is 35.9 Å². The largest absolute Gasteiger partial charge is 0.329 e. The van der Waals surface area contributed by atoms with Gasteiger partial charge in [-0.25, -0.2) is 0 Å². The summed E-state index contributed by atoms with van der Waals surface area (Å²) in [6.07, 6.45) is 5.44. The van der Waals surface area contributed by atoms with Crippen molar-refractivity contribution in [1.29, 1.82) is 0 Å². The molecule has 2 rings (SSSR count). The van der Waals surface area contributed by atoms with Crippen LogP contribution in [0.2, 0.25) is 0 Å². The van der Waals surface area contributed by atoms with Crippen LogP contribution < -0.4 is 11.1 Å². The fourth-order valence-electron chi connectivity index (χ4n) is 2.92. The van der Waals surface area contributed by atoms with Gasteiger partial charge in [0.2, 0.25) is 0 Å². The molecule has 0 aromatic heterocycles. The number of rotatable bonds is 5. The second-order valence-electron chi connectivity index (χ2n) is 5.19. The highest BCUT2D eigenvalue weighted by atomic mass is 15.0. The van der Waals surface area contributed by atoms with E-state index in [-0.39, 0.29) is 0 Å². The van der Waals surface area contributed by atoms with Crippen LogP contribution in [0, 0.1) is 5.92 Å². The number of hydrogen-bond donors (Lipinski definition) is 2. The first kappa shape index (κ1) is 12.6. The first-order valence-electron chi connectivity index (χ1n) is 6.82. The van der Waals surface area contributed by atoms with Crippen LogP contribution in [0.3, 0.4) is 0 Å². The lowest BCUT2D eigenvalue weighted by Crippen LogP contribution is -2.42. The van der Waals surface area contributed by atoms with Crippen LogP contribution in [0.25, 0.3) is 0 Å². The van der Waals surface area contributed by atoms with Crippen LogP contribution in [-0.4, -0.2) is 12.6 Å². The molecule has 2 unspecified atom stereocenters. The van der Waals surface area contributed by atoms with E-state index in [1.165, 1.54) is 31.2 Å². The zero-order valence-corrected chi connectivity index (χ0v) is 10.7. The van der Waals surface area contributed by atoms with E-state index >= 15 is 0 Å². The summed E-state index contributed by atoms with van der Waals surface area (Å²) in [6.45, 7) is 2.98. The Labute approximate surface area is 105 Å². The Bertz CT molecular complexity index is 317. The summed E-state index contributed by atoms with van der Waals surface area (Å²) in [7, 11) is 0. The lowest BCUT2D eigenvalue weighted by atomic mass is 9.96. The molecule has 17 heavy (non-hydrogen) atoms. The highest BCUT2D eigenvalue weighted by Gasteiger charge is 2.24. The van der Waals surface area contributed by atoms with Crippen LogP contribution in [0.1, 0.15) is 44.2 Å². The molecular formula is C15H24N2. The Hall–Kier alpha value is -0.860. The minimum atomic E-state index is 0.394. The van der Waals surface area contributed by atoms with Gasteiger partial charge in [0.25, 0.3) is 0 Å². The molecule has 0 aliphatic heterocycles. The van der Waals surface area contributed by atoms with E-state index in [0.717, 1.165) is 12.5 Å². The molecule has 3 N–H and O–H groups in total. The van der Waals surface area contributed by atoms with Gasteiger partial charge in [0.05, 0.1) is 0 Å². The van der Waals surface area contributed by atoms with Crippen molar-refractivity contribution < 1.29 is 0 Å². The first-order chi connectivity index (χ1) is 8.31. The molecule has 2 nitrogen and oxygen atoms in total. The molecule has 0 saturated heterocycles. The molecule has 2 heteroatoms. The second-order valence-corrected chi connectivity index (χ2v) is 5.19. The standard InChI is InChI=1S/C15H24N2/c1-12(13-7-3-2-4-8-13)17-15(11-16)14-9-5-6-10-14/h2-4,7-8,12,14-15,17H,5-6,9-11,16H2,1H3. The molecule has 1 aliphatic rings. The second kappa shape index (κ2) is 6.18. The van der Waals surface area contributed by atoms with E-state index in [1.54, 1.807) is 0 Å². The van der Waals surface area contributed by atoms with E-state index in [9.17, 15) is 0 Å². The third-order valence-electron chi connectivity index (χ3n) is 3.99. The molecule has 0 spiro atoms. The first-order valence-corrected chi connectivity index (χ1v) is 6.82. The highest BCUT2D eigenvalue weighted by Crippen LogP contribution is 2.28. The molecule has 1 aromatic rings. The Kier molecular flexibility index (Phi) is 4.57. The maximum absolute atomic E-state index is 5.92. The Balaban J connectivity index is 1.94. The van der Waals surface area contributed by atoms with Crippen molar-refractivity contribution >= 4 is 0 Å². The molecule has 1 saturated carbocycles. The van der Waals surface area contributed by atoms with Crippen molar-refractivity contribution in [3.63, 3.8) is 0 Å².